The van der Waals surface area contributed by atoms with Crippen molar-refractivity contribution in [2.75, 3.05) is 0 Å². The van der Waals surface area contributed by atoms with E-state index in [0.29, 0.717) is 5.92 Å². The summed E-state index contributed by atoms with van der Waals surface area (Å²) in [5, 5.41) is 0. The normalized spacial score (nSPS) is 22.4. The predicted octanol–water partition coefficient (Wildman–Crippen LogP) is 3.89. The maximum atomic E-state index is 6.10. The Balaban J connectivity index is 2.69. The number of fused-ring (bicyclic) bond motifs is 1. The fraction of sp³-hybridized carbons (Fsp3) is 0.571. The van der Waals surface area contributed by atoms with Gasteiger partial charge in [-0.05, 0) is 51.3 Å². The Morgan fingerprint density at radius 3 is 2.33 bits per heavy atom. The van der Waals surface area contributed by atoms with Crippen molar-refractivity contribution in [3.63, 3.8) is 0 Å². The van der Waals surface area contributed by atoms with Gasteiger partial charge in [-0.3, -0.25) is 0 Å². The zero-order valence-corrected chi connectivity index (χ0v) is 10.6. The number of hydrogen-bond acceptors (Lipinski definition) is 1. The van der Waals surface area contributed by atoms with E-state index in [-0.39, 0.29) is 5.60 Å². The van der Waals surface area contributed by atoms with E-state index in [9.17, 15) is 0 Å². The fourth-order valence-electron chi connectivity index (χ4n) is 2.44. The Labute approximate surface area is 92.5 Å². The lowest BCUT2D eigenvalue weighted by molar-refractivity contribution is 0.115. The number of rotatable bonds is 0. The SMILES string of the molecule is Cc1cc(C)c2c(c1C)OC(C)(C)C2C. The van der Waals surface area contributed by atoms with Crippen molar-refractivity contribution in [3.05, 3.63) is 28.3 Å². The monoisotopic (exact) mass is 204 g/mol. The van der Waals surface area contributed by atoms with Gasteiger partial charge in [-0.15, -0.1) is 0 Å². The summed E-state index contributed by atoms with van der Waals surface area (Å²) in [6, 6.07) is 2.27. The van der Waals surface area contributed by atoms with Crippen molar-refractivity contribution in [1.82, 2.24) is 0 Å². The second-order valence-corrected chi connectivity index (χ2v) is 5.31. The molecule has 0 aliphatic carbocycles. The highest BCUT2D eigenvalue weighted by atomic mass is 16.5. The molecule has 0 saturated carbocycles. The molecule has 0 fully saturated rings. The van der Waals surface area contributed by atoms with Crippen molar-refractivity contribution in [1.29, 1.82) is 0 Å². The molecule has 1 aromatic carbocycles. The highest BCUT2D eigenvalue weighted by Crippen LogP contribution is 2.48. The van der Waals surface area contributed by atoms with Crippen molar-refractivity contribution < 1.29 is 4.74 Å². The summed E-state index contributed by atoms with van der Waals surface area (Å²) < 4.78 is 6.10. The molecule has 0 bridgehead atoms. The average molecular weight is 204 g/mol. The topological polar surface area (TPSA) is 9.23 Å². The van der Waals surface area contributed by atoms with Gasteiger partial charge in [-0.1, -0.05) is 13.0 Å². The van der Waals surface area contributed by atoms with Crippen LogP contribution in [-0.4, -0.2) is 5.60 Å². The van der Waals surface area contributed by atoms with Crippen molar-refractivity contribution in [2.45, 2.75) is 53.1 Å². The first-order chi connectivity index (χ1) is 6.84. The van der Waals surface area contributed by atoms with Crippen LogP contribution in [0.2, 0.25) is 0 Å². The van der Waals surface area contributed by atoms with E-state index < -0.39 is 0 Å². The molecule has 0 amide bonds. The molecule has 2 rings (SSSR count). The standard InChI is InChI=1S/C14H20O/c1-8-7-9(2)12-11(4)14(5,6)15-13(12)10(8)3/h7,11H,1-6H3. The van der Waals surface area contributed by atoms with Gasteiger partial charge in [0, 0.05) is 11.5 Å². The lowest BCUT2D eigenvalue weighted by Gasteiger charge is -2.23. The van der Waals surface area contributed by atoms with E-state index in [0.717, 1.165) is 5.75 Å². The molecule has 1 atom stereocenters. The van der Waals surface area contributed by atoms with Crippen LogP contribution in [0.25, 0.3) is 0 Å². The zero-order chi connectivity index (χ0) is 11.4. The third-order valence-corrected chi connectivity index (χ3v) is 3.88. The average Bonchev–Trinajstić information content (AvgIpc) is 2.35. The summed E-state index contributed by atoms with van der Waals surface area (Å²) in [5.41, 5.74) is 5.34. The Bertz CT molecular complexity index is 416. The van der Waals surface area contributed by atoms with Crippen LogP contribution < -0.4 is 4.74 Å². The van der Waals surface area contributed by atoms with E-state index in [1.807, 2.05) is 0 Å². The largest absolute Gasteiger partial charge is 0.487 e. The molecule has 0 radical (unpaired) electrons. The molecule has 1 nitrogen and oxygen atoms in total. The first-order valence-electron chi connectivity index (χ1n) is 5.64. The highest BCUT2D eigenvalue weighted by Gasteiger charge is 2.39. The molecule has 1 aliphatic rings. The summed E-state index contributed by atoms with van der Waals surface area (Å²) in [6.45, 7) is 13.1. The van der Waals surface area contributed by atoms with Gasteiger partial charge in [0.05, 0.1) is 0 Å². The van der Waals surface area contributed by atoms with E-state index in [1.165, 1.54) is 22.3 Å². The van der Waals surface area contributed by atoms with E-state index in [4.69, 9.17) is 4.74 Å². The van der Waals surface area contributed by atoms with Crippen LogP contribution in [0.4, 0.5) is 0 Å². The lowest BCUT2D eigenvalue weighted by Crippen LogP contribution is -2.28. The summed E-state index contributed by atoms with van der Waals surface area (Å²) in [4.78, 5) is 0. The molecular weight excluding hydrogens is 184 g/mol. The molecule has 15 heavy (non-hydrogen) atoms. The molecule has 82 valence electrons. The van der Waals surface area contributed by atoms with Crippen LogP contribution >= 0.6 is 0 Å². The van der Waals surface area contributed by atoms with Crippen molar-refractivity contribution in [2.24, 2.45) is 0 Å². The third-order valence-electron chi connectivity index (χ3n) is 3.88. The first kappa shape index (κ1) is 10.5. The first-order valence-corrected chi connectivity index (χ1v) is 5.64. The minimum absolute atomic E-state index is 0.0638. The van der Waals surface area contributed by atoms with Gasteiger partial charge in [-0.2, -0.15) is 0 Å². The molecular formula is C14H20O. The summed E-state index contributed by atoms with van der Waals surface area (Å²) >= 11 is 0. The van der Waals surface area contributed by atoms with Gasteiger partial charge < -0.3 is 4.74 Å². The lowest BCUT2D eigenvalue weighted by atomic mass is 9.85. The van der Waals surface area contributed by atoms with E-state index >= 15 is 0 Å². The number of hydrogen-bond donors (Lipinski definition) is 0. The Hall–Kier alpha value is -0.980. The third kappa shape index (κ3) is 1.37. The van der Waals surface area contributed by atoms with E-state index in [1.54, 1.807) is 0 Å². The molecule has 0 spiro atoms. The summed E-state index contributed by atoms with van der Waals surface area (Å²) in [5.74, 6) is 1.61. The van der Waals surface area contributed by atoms with Crippen LogP contribution in [0.5, 0.6) is 5.75 Å². The molecule has 1 heteroatoms. The Morgan fingerprint density at radius 2 is 1.73 bits per heavy atom. The molecule has 0 aromatic heterocycles. The van der Waals surface area contributed by atoms with Crippen LogP contribution in [0.3, 0.4) is 0 Å². The van der Waals surface area contributed by atoms with Gasteiger partial charge in [-0.25, -0.2) is 0 Å². The molecule has 1 aromatic rings. The zero-order valence-electron chi connectivity index (χ0n) is 10.6. The van der Waals surface area contributed by atoms with Gasteiger partial charge in [0.1, 0.15) is 11.4 Å². The van der Waals surface area contributed by atoms with Crippen LogP contribution in [0.1, 0.15) is 48.9 Å². The highest BCUT2D eigenvalue weighted by molar-refractivity contribution is 5.54. The minimum atomic E-state index is -0.0638. The molecule has 1 unspecified atom stereocenters. The van der Waals surface area contributed by atoms with Crippen LogP contribution in [0.15, 0.2) is 6.07 Å². The van der Waals surface area contributed by atoms with Crippen molar-refractivity contribution >= 4 is 0 Å². The predicted molar refractivity (Wildman–Crippen MR) is 63.8 cm³/mol. The van der Waals surface area contributed by atoms with Crippen LogP contribution in [0, 0.1) is 20.8 Å². The Morgan fingerprint density at radius 1 is 1.13 bits per heavy atom. The molecule has 0 N–H and O–H groups in total. The summed E-state index contributed by atoms with van der Waals surface area (Å²) in [7, 11) is 0. The maximum Gasteiger partial charge on any atom is 0.127 e. The van der Waals surface area contributed by atoms with Gasteiger partial charge in [0.2, 0.25) is 0 Å². The minimum Gasteiger partial charge on any atom is -0.487 e. The van der Waals surface area contributed by atoms with Crippen LogP contribution in [-0.2, 0) is 0 Å². The second kappa shape index (κ2) is 3.01. The second-order valence-electron chi connectivity index (χ2n) is 5.31. The fourth-order valence-corrected chi connectivity index (χ4v) is 2.44. The maximum absolute atomic E-state index is 6.10. The summed E-state index contributed by atoms with van der Waals surface area (Å²) in [6.07, 6.45) is 0. The molecule has 1 heterocycles. The number of benzene rings is 1. The molecule has 1 aliphatic heterocycles. The number of aryl methyl sites for hydroxylation is 2. The smallest absolute Gasteiger partial charge is 0.127 e. The van der Waals surface area contributed by atoms with E-state index in [2.05, 4.69) is 47.6 Å². The van der Waals surface area contributed by atoms with Gasteiger partial charge in [0.25, 0.3) is 0 Å². The van der Waals surface area contributed by atoms with Gasteiger partial charge in [0.15, 0.2) is 0 Å². The van der Waals surface area contributed by atoms with Gasteiger partial charge >= 0.3 is 0 Å². The quantitative estimate of drug-likeness (QED) is 0.623. The Kier molecular flexibility index (Phi) is 2.11. The molecule has 0 saturated heterocycles. The number of ether oxygens (including phenoxy) is 1. The van der Waals surface area contributed by atoms with Crippen molar-refractivity contribution in [3.8, 4) is 5.75 Å².